The van der Waals surface area contributed by atoms with Crippen LogP contribution in [0.2, 0.25) is 0 Å². The molecule has 0 saturated carbocycles. The smallest absolute Gasteiger partial charge is 0.449 e. The number of nitrogens with zero attached hydrogens (tertiary/aromatic N) is 1. The number of hydrogen-bond donors (Lipinski definition) is 1. The number of hydrogen-bond acceptors (Lipinski definition) is 4. The van der Waals surface area contributed by atoms with Crippen molar-refractivity contribution < 1.29 is 32.5 Å². The first-order chi connectivity index (χ1) is 6.87. The van der Waals surface area contributed by atoms with Gasteiger partial charge in [0.1, 0.15) is 0 Å². The van der Waals surface area contributed by atoms with E-state index >= 15 is 0 Å². The standard InChI is InChI=1S/C7H4F3NO4/c8-7(9,10)15-5-3-1-2-4(11-5)14-6(12)13/h1-3H,(H,12,13). The van der Waals surface area contributed by atoms with Crippen LogP contribution < -0.4 is 9.47 Å². The molecule has 0 aromatic carbocycles. The number of carboxylic acid groups (broad SMARTS) is 1. The van der Waals surface area contributed by atoms with Gasteiger partial charge in [0.2, 0.25) is 11.8 Å². The van der Waals surface area contributed by atoms with Crippen LogP contribution >= 0.6 is 0 Å². The van der Waals surface area contributed by atoms with Crippen LogP contribution in [0, 0.1) is 0 Å². The molecule has 0 aliphatic rings. The number of aromatic nitrogens is 1. The SMILES string of the molecule is O=C(O)Oc1cccc(OC(F)(F)F)n1. The summed E-state index contributed by atoms with van der Waals surface area (Å²) >= 11 is 0. The third-order valence-electron chi connectivity index (χ3n) is 1.11. The fraction of sp³-hybridized carbons (Fsp3) is 0.143. The first kappa shape index (κ1) is 11.1. The Morgan fingerprint density at radius 2 is 1.93 bits per heavy atom. The summed E-state index contributed by atoms with van der Waals surface area (Å²) in [4.78, 5) is 13.2. The Bertz CT molecular complexity index is 365. The highest BCUT2D eigenvalue weighted by molar-refractivity contribution is 5.60. The summed E-state index contributed by atoms with van der Waals surface area (Å²) in [5, 5.41) is 8.17. The molecule has 1 rings (SSSR count). The van der Waals surface area contributed by atoms with E-state index in [1.54, 1.807) is 0 Å². The van der Waals surface area contributed by atoms with E-state index in [1.165, 1.54) is 0 Å². The zero-order chi connectivity index (χ0) is 11.5. The summed E-state index contributed by atoms with van der Waals surface area (Å²) in [5.41, 5.74) is 0. The minimum Gasteiger partial charge on any atom is -0.449 e. The van der Waals surface area contributed by atoms with Crippen molar-refractivity contribution in [1.82, 2.24) is 4.98 Å². The number of alkyl halides is 3. The summed E-state index contributed by atoms with van der Waals surface area (Å²) in [6.07, 6.45) is -6.55. The second-order valence-electron chi connectivity index (χ2n) is 2.23. The number of rotatable bonds is 2. The van der Waals surface area contributed by atoms with Crippen LogP contribution in [0.1, 0.15) is 0 Å². The molecule has 0 aliphatic carbocycles. The maximum absolute atomic E-state index is 11.7. The van der Waals surface area contributed by atoms with Crippen molar-refractivity contribution >= 4 is 6.16 Å². The first-order valence-corrected chi connectivity index (χ1v) is 3.50. The van der Waals surface area contributed by atoms with Crippen LogP contribution in [-0.2, 0) is 0 Å². The van der Waals surface area contributed by atoms with E-state index < -0.39 is 24.3 Å². The maximum Gasteiger partial charge on any atom is 0.574 e. The fourth-order valence-corrected chi connectivity index (χ4v) is 0.718. The summed E-state index contributed by atoms with van der Waals surface area (Å²) in [6.45, 7) is 0. The second-order valence-corrected chi connectivity index (χ2v) is 2.23. The molecule has 82 valence electrons. The van der Waals surface area contributed by atoms with Gasteiger partial charge in [0.05, 0.1) is 0 Å². The highest BCUT2D eigenvalue weighted by Gasteiger charge is 2.31. The molecule has 1 N–H and O–H groups in total. The quantitative estimate of drug-likeness (QED) is 0.777. The molecule has 0 amide bonds. The molecule has 5 nitrogen and oxygen atoms in total. The van der Waals surface area contributed by atoms with Crippen molar-refractivity contribution in [3.8, 4) is 11.8 Å². The van der Waals surface area contributed by atoms with Crippen LogP contribution in [0.3, 0.4) is 0 Å². The molecule has 1 aromatic heterocycles. The molecule has 0 aliphatic heterocycles. The van der Waals surface area contributed by atoms with Crippen molar-refractivity contribution in [3.63, 3.8) is 0 Å². The Kier molecular flexibility index (Phi) is 2.98. The van der Waals surface area contributed by atoms with Crippen molar-refractivity contribution in [2.24, 2.45) is 0 Å². The topological polar surface area (TPSA) is 68.7 Å². The Balaban J connectivity index is 2.79. The molecular weight excluding hydrogens is 219 g/mol. The molecule has 0 unspecified atom stereocenters. The Morgan fingerprint density at radius 1 is 1.33 bits per heavy atom. The van der Waals surface area contributed by atoms with Crippen LogP contribution in [0.4, 0.5) is 18.0 Å². The Labute approximate surface area is 81.1 Å². The van der Waals surface area contributed by atoms with Gasteiger partial charge in [-0.15, -0.1) is 13.2 Å². The van der Waals surface area contributed by atoms with Gasteiger partial charge < -0.3 is 14.6 Å². The predicted molar refractivity (Wildman–Crippen MR) is 39.6 cm³/mol. The van der Waals surface area contributed by atoms with Gasteiger partial charge in [0.15, 0.2) is 0 Å². The van der Waals surface area contributed by atoms with Crippen LogP contribution in [0.25, 0.3) is 0 Å². The van der Waals surface area contributed by atoms with E-state index in [1.807, 2.05) is 0 Å². The van der Waals surface area contributed by atoms with Crippen molar-refractivity contribution in [3.05, 3.63) is 18.2 Å². The van der Waals surface area contributed by atoms with E-state index in [0.29, 0.717) is 0 Å². The second kappa shape index (κ2) is 4.03. The monoisotopic (exact) mass is 223 g/mol. The molecule has 0 spiro atoms. The van der Waals surface area contributed by atoms with Crippen LogP contribution in [-0.4, -0.2) is 22.6 Å². The highest BCUT2D eigenvalue weighted by Crippen LogP contribution is 2.22. The van der Waals surface area contributed by atoms with Crippen LogP contribution in [0.15, 0.2) is 18.2 Å². The fourth-order valence-electron chi connectivity index (χ4n) is 0.718. The number of halogens is 3. The summed E-state index contributed by atoms with van der Waals surface area (Å²) in [6, 6.07) is 3.12. The zero-order valence-electron chi connectivity index (χ0n) is 6.99. The van der Waals surface area contributed by atoms with Gasteiger partial charge >= 0.3 is 12.5 Å². The third-order valence-corrected chi connectivity index (χ3v) is 1.11. The van der Waals surface area contributed by atoms with E-state index in [2.05, 4.69) is 14.5 Å². The summed E-state index contributed by atoms with van der Waals surface area (Å²) in [7, 11) is 0. The average molecular weight is 223 g/mol. The predicted octanol–water partition coefficient (Wildman–Crippen LogP) is 2.04. The van der Waals surface area contributed by atoms with Gasteiger partial charge in [-0.1, -0.05) is 6.07 Å². The van der Waals surface area contributed by atoms with Crippen molar-refractivity contribution in [2.45, 2.75) is 6.36 Å². The molecule has 0 radical (unpaired) electrons. The third kappa shape index (κ3) is 4.16. The van der Waals surface area contributed by atoms with Crippen molar-refractivity contribution in [2.75, 3.05) is 0 Å². The minimum atomic E-state index is -4.88. The Hall–Kier alpha value is -1.99. The molecule has 15 heavy (non-hydrogen) atoms. The normalized spacial score (nSPS) is 10.9. The van der Waals surface area contributed by atoms with Gasteiger partial charge in [0.25, 0.3) is 0 Å². The van der Waals surface area contributed by atoms with E-state index in [-0.39, 0.29) is 0 Å². The molecular formula is C7H4F3NO4. The highest BCUT2D eigenvalue weighted by atomic mass is 19.4. The van der Waals surface area contributed by atoms with Crippen molar-refractivity contribution in [1.29, 1.82) is 0 Å². The molecule has 1 heterocycles. The first-order valence-electron chi connectivity index (χ1n) is 3.50. The van der Waals surface area contributed by atoms with E-state index in [0.717, 1.165) is 18.2 Å². The summed E-state index contributed by atoms with van der Waals surface area (Å²) in [5.74, 6) is -1.29. The van der Waals surface area contributed by atoms with Gasteiger partial charge in [-0.05, 0) is 0 Å². The lowest BCUT2D eigenvalue weighted by Gasteiger charge is -2.07. The zero-order valence-corrected chi connectivity index (χ0v) is 6.99. The maximum atomic E-state index is 11.7. The van der Waals surface area contributed by atoms with Gasteiger partial charge in [-0.2, -0.15) is 4.98 Å². The van der Waals surface area contributed by atoms with E-state index in [4.69, 9.17) is 5.11 Å². The largest absolute Gasteiger partial charge is 0.574 e. The Morgan fingerprint density at radius 3 is 2.47 bits per heavy atom. The molecule has 0 fully saturated rings. The van der Waals surface area contributed by atoms with E-state index in [9.17, 15) is 18.0 Å². The van der Waals surface area contributed by atoms with Gasteiger partial charge in [0, 0.05) is 12.1 Å². The molecule has 8 heteroatoms. The minimum absolute atomic E-state index is 0.496. The molecule has 1 aromatic rings. The number of carbonyl (C=O) groups is 1. The number of pyridine rings is 1. The molecule has 0 bridgehead atoms. The summed E-state index contributed by atoms with van der Waals surface area (Å²) < 4.78 is 42.6. The molecule has 0 atom stereocenters. The lowest BCUT2D eigenvalue weighted by molar-refractivity contribution is -0.276. The van der Waals surface area contributed by atoms with Crippen LogP contribution in [0.5, 0.6) is 11.8 Å². The van der Waals surface area contributed by atoms with Gasteiger partial charge in [-0.25, -0.2) is 4.79 Å². The lowest BCUT2D eigenvalue weighted by Crippen LogP contribution is -2.18. The number of ether oxygens (including phenoxy) is 2. The lowest BCUT2D eigenvalue weighted by atomic mass is 10.5. The average Bonchev–Trinajstić information content (AvgIpc) is 1.99. The molecule has 0 saturated heterocycles. The van der Waals surface area contributed by atoms with Gasteiger partial charge in [-0.3, -0.25) is 0 Å².